The van der Waals surface area contributed by atoms with Crippen molar-refractivity contribution in [3.05, 3.63) is 45.8 Å². The molecule has 0 aliphatic rings. The van der Waals surface area contributed by atoms with Gasteiger partial charge in [0, 0.05) is 5.56 Å². The molecule has 0 spiro atoms. The molecule has 0 aliphatic carbocycles. The van der Waals surface area contributed by atoms with E-state index in [1.165, 1.54) is 0 Å². The maximum atomic E-state index is 12.4. The molecule has 0 aliphatic heterocycles. The second-order valence-electron chi connectivity index (χ2n) is 4.37. The van der Waals surface area contributed by atoms with Crippen molar-refractivity contribution >= 4 is 5.78 Å². The number of carbonyl (C=O) groups is 1. The third kappa shape index (κ3) is 1.82. The van der Waals surface area contributed by atoms with Gasteiger partial charge in [0.1, 0.15) is 23.0 Å². The summed E-state index contributed by atoms with van der Waals surface area (Å²) in [4.78, 5) is 12.4. The van der Waals surface area contributed by atoms with Crippen molar-refractivity contribution < 1.29 is 13.6 Å². The van der Waals surface area contributed by atoms with E-state index in [0.29, 0.717) is 22.6 Å². The monoisotopic (exact) mass is 232 g/mol. The van der Waals surface area contributed by atoms with Crippen LogP contribution in [0.4, 0.5) is 0 Å². The van der Waals surface area contributed by atoms with Gasteiger partial charge in [-0.25, -0.2) is 0 Å². The molecule has 0 saturated heterocycles. The van der Waals surface area contributed by atoms with Crippen LogP contribution in [0.15, 0.2) is 14.9 Å². The Hall–Kier alpha value is -1.77. The Morgan fingerprint density at radius 3 is 2.00 bits per heavy atom. The largest absolute Gasteiger partial charge is 0.466 e. The summed E-state index contributed by atoms with van der Waals surface area (Å²) in [6.45, 7) is 9.23. The first-order chi connectivity index (χ1) is 7.91. The quantitative estimate of drug-likeness (QED) is 0.742. The lowest BCUT2D eigenvalue weighted by Crippen LogP contribution is -2.03. The van der Waals surface area contributed by atoms with E-state index in [1.807, 2.05) is 27.7 Å². The van der Waals surface area contributed by atoms with Crippen LogP contribution in [0.5, 0.6) is 0 Å². The van der Waals surface area contributed by atoms with Crippen LogP contribution in [-0.4, -0.2) is 5.78 Å². The molecule has 0 fully saturated rings. The minimum Gasteiger partial charge on any atom is -0.466 e. The second kappa shape index (κ2) is 3.91. The maximum Gasteiger partial charge on any atom is 0.200 e. The zero-order valence-electron chi connectivity index (χ0n) is 10.8. The molecule has 0 radical (unpaired) electrons. The first kappa shape index (κ1) is 11.7. The van der Waals surface area contributed by atoms with Gasteiger partial charge in [-0.15, -0.1) is 0 Å². The standard InChI is InChI=1S/C14H16O3/c1-7-6-12(10(4)16-7)14(15)13-8(2)9(3)17-11(13)5/h6H,1-5H3. The van der Waals surface area contributed by atoms with Crippen LogP contribution in [0, 0.1) is 34.6 Å². The summed E-state index contributed by atoms with van der Waals surface area (Å²) >= 11 is 0. The van der Waals surface area contributed by atoms with E-state index in [1.54, 1.807) is 13.0 Å². The molecular weight excluding hydrogens is 216 g/mol. The lowest BCUT2D eigenvalue weighted by molar-refractivity contribution is 0.103. The maximum absolute atomic E-state index is 12.4. The molecule has 2 heterocycles. The minimum absolute atomic E-state index is 0.0220. The fourth-order valence-electron chi connectivity index (χ4n) is 2.12. The van der Waals surface area contributed by atoms with Crippen LogP contribution in [0.3, 0.4) is 0 Å². The molecule has 0 atom stereocenters. The highest BCUT2D eigenvalue weighted by Gasteiger charge is 2.23. The summed E-state index contributed by atoms with van der Waals surface area (Å²) in [5.74, 6) is 2.85. The predicted octanol–water partition coefficient (Wildman–Crippen LogP) is 3.65. The first-order valence-corrected chi connectivity index (χ1v) is 5.60. The Labute approximate surface area is 100 Å². The lowest BCUT2D eigenvalue weighted by atomic mass is 10.00. The molecule has 0 N–H and O–H groups in total. The summed E-state index contributed by atoms with van der Waals surface area (Å²) in [6.07, 6.45) is 0. The first-order valence-electron chi connectivity index (χ1n) is 5.60. The van der Waals surface area contributed by atoms with Gasteiger partial charge < -0.3 is 8.83 Å². The van der Waals surface area contributed by atoms with Crippen molar-refractivity contribution in [1.82, 2.24) is 0 Å². The molecule has 2 aromatic heterocycles. The molecule has 0 saturated carbocycles. The highest BCUT2D eigenvalue weighted by Crippen LogP contribution is 2.26. The number of furan rings is 2. The molecule has 3 nitrogen and oxygen atoms in total. The van der Waals surface area contributed by atoms with Gasteiger partial charge in [0.25, 0.3) is 0 Å². The number of hydrogen-bond donors (Lipinski definition) is 0. The van der Waals surface area contributed by atoms with Crippen molar-refractivity contribution in [3.8, 4) is 0 Å². The summed E-state index contributed by atoms with van der Waals surface area (Å²) in [7, 11) is 0. The van der Waals surface area contributed by atoms with Gasteiger partial charge in [0.05, 0.1) is 11.1 Å². The topological polar surface area (TPSA) is 43.4 Å². The normalized spacial score (nSPS) is 10.9. The fraction of sp³-hybridized carbons (Fsp3) is 0.357. The SMILES string of the molecule is Cc1cc(C(=O)c2c(C)oc(C)c2C)c(C)o1. The van der Waals surface area contributed by atoms with Crippen LogP contribution >= 0.6 is 0 Å². The third-order valence-corrected chi connectivity index (χ3v) is 3.07. The third-order valence-electron chi connectivity index (χ3n) is 3.07. The number of hydrogen-bond acceptors (Lipinski definition) is 3. The molecule has 17 heavy (non-hydrogen) atoms. The molecule has 0 bridgehead atoms. The van der Waals surface area contributed by atoms with Crippen LogP contribution in [0.2, 0.25) is 0 Å². The van der Waals surface area contributed by atoms with E-state index in [-0.39, 0.29) is 5.78 Å². The molecule has 2 rings (SSSR count). The zero-order chi connectivity index (χ0) is 12.7. The predicted molar refractivity (Wildman–Crippen MR) is 64.5 cm³/mol. The van der Waals surface area contributed by atoms with Crippen molar-refractivity contribution in [2.75, 3.05) is 0 Å². The fourth-order valence-corrected chi connectivity index (χ4v) is 2.12. The summed E-state index contributed by atoms with van der Waals surface area (Å²) < 4.78 is 10.9. The second-order valence-corrected chi connectivity index (χ2v) is 4.37. The van der Waals surface area contributed by atoms with E-state index in [0.717, 1.165) is 17.1 Å². The van der Waals surface area contributed by atoms with E-state index in [2.05, 4.69) is 0 Å². The summed E-state index contributed by atoms with van der Waals surface area (Å²) in [5.41, 5.74) is 2.19. The number of carbonyl (C=O) groups excluding carboxylic acids is 1. The smallest absolute Gasteiger partial charge is 0.200 e. The van der Waals surface area contributed by atoms with E-state index < -0.39 is 0 Å². The number of ketones is 1. The van der Waals surface area contributed by atoms with E-state index >= 15 is 0 Å². The van der Waals surface area contributed by atoms with Crippen molar-refractivity contribution in [1.29, 1.82) is 0 Å². The van der Waals surface area contributed by atoms with Gasteiger partial charge in [-0.05, 0) is 40.7 Å². The Balaban J connectivity index is 2.55. The Morgan fingerprint density at radius 1 is 0.941 bits per heavy atom. The number of aryl methyl sites for hydroxylation is 4. The summed E-state index contributed by atoms with van der Waals surface area (Å²) in [6, 6.07) is 1.78. The Morgan fingerprint density at radius 2 is 1.59 bits per heavy atom. The van der Waals surface area contributed by atoms with Crippen molar-refractivity contribution in [3.63, 3.8) is 0 Å². The van der Waals surface area contributed by atoms with Crippen LogP contribution < -0.4 is 0 Å². The zero-order valence-corrected chi connectivity index (χ0v) is 10.8. The van der Waals surface area contributed by atoms with Gasteiger partial charge in [0.2, 0.25) is 0 Å². The lowest BCUT2D eigenvalue weighted by Gasteiger charge is -1.99. The van der Waals surface area contributed by atoms with Gasteiger partial charge >= 0.3 is 0 Å². The van der Waals surface area contributed by atoms with Crippen molar-refractivity contribution in [2.24, 2.45) is 0 Å². The van der Waals surface area contributed by atoms with Crippen LogP contribution in [0.1, 0.15) is 44.5 Å². The van der Waals surface area contributed by atoms with Gasteiger partial charge in [0.15, 0.2) is 5.78 Å². The molecule has 2 aromatic rings. The van der Waals surface area contributed by atoms with Gasteiger partial charge in [-0.3, -0.25) is 4.79 Å². The van der Waals surface area contributed by atoms with Gasteiger partial charge in [-0.2, -0.15) is 0 Å². The van der Waals surface area contributed by atoms with E-state index in [4.69, 9.17) is 8.83 Å². The minimum atomic E-state index is -0.0220. The molecular formula is C14H16O3. The van der Waals surface area contributed by atoms with Crippen LogP contribution in [0.25, 0.3) is 0 Å². The molecule has 0 aromatic carbocycles. The van der Waals surface area contributed by atoms with Gasteiger partial charge in [-0.1, -0.05) is 0 Å². The highest BCUT2D eigenvalue weighted by molar-refractivity contribution is 6.11. The number of rotatable bonds is 2. The van der Waals surface area contributed by atoms with Crippen molar-refractivity contribution in [2.45, 2.75) is 34.6 Å². The molecule has 90 valence electrons. The molecule has 0 amide bonds. The average Bonchev–Trinajstić information content (AvgIpc) is 2.68. The van der Waals surface area contributed by atoms with Crippen LogP contribution in [-0.2, 0) is 0 Å². The molecule has 0 unspecified atom stereocenters. The molecule has 3 heteroatoms. The Bertz CT molecular complexity index is 585. The highest BCUT2D eigenvalue weighted by atomic mass is 16.3. The average molecular weight is 232 g/mol. The summed E-state index contributed by atoms with van der Waals surface area (Å²) in [5, 5.41) is 0. The Kier molecular flexibility index (Phi) is 2.69. The van der Waals surface area contributed by atoms with E-state index in [9.17, 15) is 4.79 Å².